The first kappa shape index (κ1) is 15.2. The molecule has 1 aliphatic carbocycles. The van der Waals surface area contributed by atoms with E-state index in [0.29, 0.717) is 6.10 Å². The van der Waals surface area contributed by atoms with E-state index in [4.69, 9.17) is 9.47 Å². The maximum absolute atomic E-state index is 6.24. The molecule has 0 unspecified atom stereocenters. The van der Waals surface area contributed by atoms with Crippen LogP contribution in [0.3, 0.4) is 0 Å². The Kier molecular flexibility index (Phi) is 6.19. The Balaban J connectivity index is 2.05. The van der Waals surface area contributed by atoms with Gasteiger partial charge in [-0.3, -0.25) is 0 Å². The summed E-state index contributed by atoms with van der Waals surface area (Å²) in [7, 11) is 1.70. The van der Waals surface area contributed by atoms with Crippen molar-refractivity contribution in [2.45, 2.75) is 58.1 Å². The van der Waals surface area contributed by atoms with Crippen molar-refractivity contribution in [2.24, 2.45) is 0 Å². The molecule has 0 spiro atoms. The van der Waals surface area contributed by atoms with Crippen LogP contribution in [0.1, 0.15) is 51.0 Å². The van der Waals surface area contributed by atoms with Crippen molar-refractivity contribution in [1.82, 2.24) is 5.32 Å². The van der Waals surface area contributed by atoms with Crippen LogP contribution in [0.25, 0.3) is 0 Å². The van der Waals surface area contributed by atoms with E-state index in [-0.39, 0.29) is 0 Å². The molecule has 0 heterocycles. The number of nitrogens with one attached hydrogen (secondary N) is 1. The van der Waals surface area contributed by atoms with Crippen LogP contribution in [-0.4, -0.2) is 19.8 Å². The quantitative estimate of drug-likeness (QED) is 0.767. The summed E-state index contributed by atoms with van der Waals surface area (Å²) in [5.74, 6) is 1.86. The summed E-state index contributed by atoms with van der Waals surface area (Å²) >= 11 is 0. The maximum atomic E-state index is 6.24. The van der Waals surface area contributed by atoms with E-state index in [0.717, 1.165) is 31.0 Å². The second-order valence-electron chi connectivity index (χ2n) is 5.53. The topological polar surface area (TPSA) is 30.5 Å². The van der Waals surface area contributed by atoms with Gasteiger partial charge in [-0.25, -0.2) is 0 Å². The average molecular weight is 277 g/mol. The lowest BCUT2D eigenvalue weighted by atomic mass is 9.97. The molecule has 20 heavy (non-hydrogen) atoms. The molecule has 1 saturated carbocycles. The zero-order valence-electron chi connectivity index (χ0n) is 12.8. The third-order valence-corrected chi connectivity index (χ3v) is 3.86. The molecule has 3 nitrogen and oxygen atoms in total. The molecule has 112 valence electrons. The smallest absolute Gasteiger partial charge is 0.127 e. The van der Waals surface area contributed by atoms with Gasteiger partial charge in [0.1, 0.15) is 11.5 Å². The molecule has 1 fully saturated rings. The number of benzene rings is 1. The minimum atomic E-state index is 0.376. The Morgan fingerprint density at radius 3 is 2.70 bits per heavy atom. The molecule has 1 aromatic carbocycles. The Bertz CT molecular complexity index is 400. The van der Waals surface area contributed by atoms with E-state index in [1.807, 2.05) is 12.1 Å². The summed E-state index contributed by atoms with van der Waals surface area (Å²) in [5, 5.41) is 3.45. The monoisotopic (exact) mass is 277 g/mol. The van der Waals surface area contributed by atoms with Gasteiger partial charge in [-0.2, -0.15) is 0 Å². The Labute approximate surface area is 122 Å². The standard InChI is InChI=1S/C17H27NO2/c1-3-11-18-13-14-9-10-16(19-2)12-17(14)20-15-7-5-4-6-8-15/h9-10,12,15,18H,3-8,11,13H2,1-2H3. The molecule has 3 heteroatoms. The molecule has 1 aromatic rings. The molecule has 1 N–H and O–H groups in total. The number of hydrogen-bond acceptors (Lipinski definition) is 3. The molecule has 0 bridgehead atoms. The molecule has 0 saturated heterocycles. The van der Waals surface area contributed by atoms with Crippen LogP contribution in [0.15, 0.2) is 18.2 Å². The van der Waals surface area contributed by atoms with Gasteiger partial charge in [0.2, 0.25) is 0 Å². The second kappa shape index (κ2) is 8.15. The highest BCUT2D eigenvalue weighted by Gasteiger charge is 2.16. The first-order valence-electron chi connectivity index (χ1n) is 7.87. The fourth-order valence-corrected chi connectivity index (χ4v) is 2.68. The molecule has 0 aromatic heterocycles. The van der Waals surface area contributed by atoms with Crippen molar-refractivity contribution >= 4 is 0 Å². The van der Waals surface area contributed by atoms with Crippen LogP contribution < -0.4 is 14.8 Å². The molecule has 1 aliphatic rings. The van der Waals surface area contributed by atoms with Crippen molar-refractivity contribution in [3.8, 4) is 11.5 Å². The molecule has 0 atom stereocenters. The van der Waals surface area contributed by atoms with Crippen LogP contribution in [-0.2, 0) is 6.54 Å². The minimum absolute atomic E-state index is 0.376. The van der Waals surface area contributed by atoms with Crippen molar-refractivity contribution in [1.29, 1.82) is 0 Å². The highest BCUT2D eigenvalue weighted by Crippen LogP contribution is 2.29. The van der Waals surface area contributed by atoms with E-state index in [1.54, 1.807) is 7.11 Å². The summed E-state index contributed by atoms with van der Waals surface area (Å²) in [6.07, 6.45) is 7.81. The van der Waals surface area contributed by atoms with Crippen molar-refractivity contribution < 1.29 is 9.47 Å². The van der Waals surface area contributed by atoms with Crippen LogP contribution >= 0.6 is 0 Å². The summed E-state index contributed by atoms with van der Waals surface area (Å²) in [5.41, 5.74) is 1.23. The zero-order chi connectivity index (χ0) is 14.2. The van der Waals surface area contributed by atoms with E-state index in [1.165, 1.54) is 37.7 Å². The summed E-state index contributed by atoms with van der Waals surface area (Å²) in [4.78, 5) is 0. The molecule has 0 radical (unpaired) electrons. The summed E-state index contributed by atoms with van der Waals surface area (Å²) < 4.78 is 11.6. The Morgan fingerprint density at radius 2 is 2.00 bits per heavy atom. The minimum Gasteiger partial charge on any atom is -0.497 e. The highest BCUT2D eigenvalue weighted by atomic mass is 16.5. The fourth-order valence-electron chi connectivity index (χ4n) is 2.68. The number of rotatable bonds is 7. The van der Waals surface area contributed by atoms with E-state index >= 15 is 0 Å². The molecule has 2 rings (SSSR count). The third-order valence-electron chi connectivity index (χ3n) is 3.86. The van der Waals surface area contributed by atoms with Crippen LogP contribution in [0.5, 0.6) is 11.5 Å². The zero-order valence-corrected chi connectivity index (χ0v) is 12.8. The van der Waals surface area contributed by atoms with Gasteiger partial charge in [-0.1, -0.05) is 19.4 Å². The van der Waals surface area contributed by atoms with E-state index in [2.05, 4.69) is 18.3 Å². The lowest BCUT2D eigenvalue weighted by Crippen LogP contribution is -2.21. The molecular formula is C17H27NO2. The number of ether oxygens (including phenoxy) is 2. The van der Waals surface area contributed by atoms with Gasteiger partial charge >= 0.3 is 0 Å². The van der Waals surface area contributed by atoms with Crippen LogP contribution in [0, 0.1) is 0 Å². The van der Waals surface area contributed by atoms with Gasteiger partial charge in [0.25, 0.3) is 0 Å². The summed E-state index contributed by atoms with van der Waals surface area (Å²) in [6.45, 7) is 4.08. The van der Waals surface area contributed by atoms with Crippen LogP contribution in [0.2, 0.25) is 0 Å². The van der Waals surface area contributed by atoms with Gasteiger partial charge in [0.05, 0.1) is 13.2 Å². The molecule has 0 aliphatic heterocycles. The van der Waals surface area contributed by atoms with Gasteiger partial charge in [-0.05, 0) is 44.7 Å². The highest BCUT2D eigenvalue weighted by molar-refractivity contribution is 5.41. The van der Waals surface area contributed by atoms with Crippen LogP contribution in [0.4, 0.5) is 0 Å². The average Bonchev–Trinajstić information content (AvgIpc) is 2.50. The van der Waals surface area contributed by atoms with Crippen molar-refractivity contribution in [3.05, 3.63) is 23.8 Å². The fraction of sp³-hybridized carbons (Fsp3) is 0.647. The predicted octanol–water partition coefficient (Wildman–Crippen LogP) is 3.91. The van der Waals surface area contributed by atoms with Gasteiger partial charge in [-0.15, -0.1) is 0 Å². The number of methoxy groups -OCH3 is 1. The van der Waals surface area contributed by atoms with Crippen molar-refractivity contribution in [2.75, 3.05) is 13.7 Å². The lowest BCUT2D eigenvalue weighted by Gasteiger charge is -2.24. The first-order chi connectivity index (χ1) is 9.83. The van der Waals surface area contributed by atoms with E-state index < -0.39 is 0 Å². The van der Waals surface area contributed by atoms with Gasteiger partial charge in [0.15, 0.2) is 0 Å². The molecule has 0 amide bonds. The molecular weight excluding hydrogens is 250 g/mol. The Hall–Kier alpha value is -1.22. The predicted molar refractivity (Wildman–Crippen MR) is 82.5 cm³/mol. The second-order valence-corrected chi connectivity index (χ2v) is 5.53. The largest absolute Gasteiger partial charge is 0.497 e. The number of hydrogen-bond donors (Lipinski definition) is 1. The van der Waals surface area contributed by atoms with E-state index in [9.17, 15) is 0 Å². The Morgan fingerprint density at radius 1 is 1.20 bits per heavy atom. The first-order valence-corrected chi connectivity index (χ1v) is 7.87. The van der Waals surface area contributed by atoms with Gasteiger partial charge < -0.3 is 14.8 Å². The third kappa shape index (κ3) is 4.41. The maximum Gasteiger partial charge on any atom is 0.127 e. The SMILES string of the molecule is CCCNCc1ccc(OC)cc1OC1CCCCC1. The summed E-state index contributed by atoms with van der Waals surface area (Å²) in [6, 6.07) is 6.15. The van der Waals surface area contributed by atoms with Gasteiger partial charge in [0, 0.05) is 18.2 Å². The normalized spacial score (nSPS) is 16.1. The lowest BCUT2D eigenvalue weighted by molar-refractivity contribution is 0.153. The van der Waals surface area contributed by atoms with Crippen molar-refractivity contribution in [3.63, 3.8) is 0 Å².